The molecule has 0 atom stereocenters. The van der Waals surface area contributed by atoms with Gasteiger partial charge in [-0.05, 0) is 49.1 Å². The molecule has 194 valence electrons. The van der Waals surface area contributed by atoms with Gasteiger partial charge in [-0.1, -0.05) is 76.6 Å². The van der Waals surface area contributed by atoms with E-state index >= 15 is 0 Å². The molecular weight excluding hydrogens is 450 g/mol. The van der Waals surface area contributed by atoms with Crippen LogP contribution in [0.25, 0.3) is 11.4 Å². The number of rotatable bonds is 13. The maximum Gasteiger partial charge on any atom is 0.509 e. The Morgan fingerprint density at radius 3 is 2.25 bits per heavy atom. The van der Waals surface area contributed by atoms with Crippen LogP contribution in [0.15, 0.2) is 36.7 Å². The largest absolute Gasteiger partial charge is 0.509 e. The molecule has 0 unspecified atom stereocenters. The first-order chi connectivity index (χ1) is 17.6. The van der Waals surface area contributed by atoms with Gasteiger partial charge in [0, 0.05) is 30.8 Å². The molecule has 1 fully saturated rings. The van der Waals surface area contributed by atoms with E-state index in [0.717, 1.165) is 49.9 Å². The third-order valence-corrected chi connectivity index (χ3v) is 7.16. The van der Waals surface area contributed by atoms with Crippen LogP contribution in [0.4, 0.5) is 4.79 Å². The Labute approximate surface area is 216 Å². The Morgan fingerprint density at radius 2 is 1.61 bits per heavy atom. The minimum atomic E-state index is -1.08. The summed E-state index contributed by atoms with van der Waals surface area (Å²) in [6, 6.07) is 10.7. The van der Waals surface area contributed by atoms with E-state index in [0.29, 0.717) is 25.4 Å². The third-order valence-electron chi connectivity index (χ3n) is 7.16. The summed E-state index contributed by atoms with van der Waals surface area (Å²) in [5.74, 6) is 1.08. The second-order valence-electron chi connectivity index (χ2n) is 9.99. The Morgan fingerprint density at radius 1 is 0.972 bits per heavy atom. The van der Waals surface area contributed by atoms with E-state index in [9.17, 15) is 10.1 Å². The fraction of sp³-hybridized carbons (Fsp3) is 0.600. The summed E-state index contributed by atoms with van der Waals surface area (Å²) in [5, 5.41) is 9.72. The normalized spacial score (nSPS) is 19.4. The SMILES string of the molecule is CCCCCCCc1cnc(-c2ccc(C3CCC(C#N)(OC(=O)OCCCCC)CC3)cc2)nc1. The van der Waals surface area contributed by atoms with Gasteiger partial charge in [0.1, 0.15) is 6.07 Å². The summed E-state index contributed by atoms with van der Waals surface area (Å²) in [6.07, 6.45) is 16.1. The number of carbonyl (C=O) groups excluding carboxylic acids is 1. The highest BCUT2D eigenvalue weighted by molar-refractivity contribution is 5.61. The summed E-state index contributed by atoms with van der Waals surface area (Å²) >= 11 is 0. The Balaban J connectivity index is 1.48. The van der Waals surface area contributed by atoms with Gasteiger partial charge in [0.15, 0.2) is 5.82 Å². The zero-order valence-electron chi connectivity index (χ0n) is 22.0. The number of hydrogen-bond acceptors (Lipinski definition) is 6. The van der Waals surface area contributed by atoms with Crippen LogP contribution >= 0.6 is 0 Å². The molecule has 0 saturated heterocycles. The number of nitrogens with zero attached hydrogens (tertiary/aromatic N) is 3. The van der Waals surface area contributed by atoms with Crippen molar-refractivity contribution in [3.05, 3.63) is 47.8 Å². The molecule has 1 aromatic heterocycles. The van der Waals surface area contributed by atoms with Crippen LogP contribution < -0.4 is 0 Å². The van der Waals surface area contributed by atoms with E-state index in [1.165, 1.54) is 43.2 Å². The predicted molar refractivity (Wildman–Crippen MR) is 141 cm³/mol. The van der Waals surface area contributed by atoms with Crippen molar-refractivity contribution in [3.63, 3.8) is 0 Å². The van der Waals surface area contributed by atoms with Crippen molar-refractivity contribution in [3.8, 4) is 17.5 Å². The van der Waals surface area contributed by atoms with Crippen LogP contribution in [0.1, 0.15) is 108 Å². The quantitative estimate of drug-likeness (QED) is 0.209. The first-order valence-electron chi connectivity index (χ1n) is 13.8. The molecule has 2 aromatic rings. The van der Waals surface area contributed by atoms with Crippen LogP contribution in [0.5, 0.6) is 0 Å². The highest BCUT2D eigenvalue weighted by atomic mass is 16.7. The lowest BCUT2D eigenvalue weighted by molar-refractivity contribution is -0.0261. The van der Waals surface area contributed by atoms with Crippen LogP contribution in [0.3, 0.4) is 0 Å². The molecule has 6 nitrogen and oxygen atoms in total. The summed E-state index contributed by atoms with van der Waals surface area (Å²) in [7, 11) is 0. The molecule has 36 heavy (non-hydrogen) atoms. The third kappa shape index (κ3) is 8.33. The van der Waals surface area contributed by atoms with Gasteiger partial charge < -0.3 is 9.47 Å². The zero-order valence-corrected chi connectivity index (χ0v) is 22.0. The molecule has 0 spiro atoms. The Kier molecular flexibility index (Phi) is 11.2. The number of hydrogen-bond donors (Lipinski definition) is 0. The number of carbonyl (C=O) groups is 1. The molecule has 1 saturated carbocycles. The molecule has 1 aromatic carbocycles. The molecular formula is C30H41N3O3. The van der Waals surface area contributed by atoms with E-state index in [-0.39, 0.29) is 0 Å². The van der Waals surface area contributed by atoms with Gasteiger partial charge in [-0.15, -0.1) is 0 Å². The molecule has 1 aliphatic carbocycles. The van der Waals surface area contributed by atoms with Crippen LogP contribution in [-0.2, 0) is 15.9 Å². The summed E-state index contributed by atoms with van der Waals surface area (Å²) in [4.78, 5) is 21.2. The van der Waals surface area contributed by atoms with Crippen molar-refractivity contribution in [2.75, 3.05) is 6.61 Å². The maximum absolute atomic E-state index is 12.1. The highest BCUT2D eigenvalue weighted by Gasteiger charge is 2.40. The average molecular weight is 492 g/mol. The van der Waals surface area contributed by atoms with Gasteiger partial charge in [-0.3, -0.25) is 0 Å². The number of nitriles is 1. The second kappa shape index (κ2) is 14.6. The van der Waals surface area contributed by atoms with Crippen LogP contribution in [0, 0.1) is 11.3 Å². The van der Waals surface area contributed by atoms with Gasteiger partial charge in [0.2, 0.25) is 5.60 Å². The van der Waals surface area contributed by atoms with Crippen LogP contribution in [0.2, 0.25) is 0 Å². The monoisotopic (exact) mass is 491 g/mol. The lowest BCUT2D eigenvalue weighted by atomic mass is 9.76. The van der Waals surface area contributed by atoms with Crippen molar-refractivity contribution in [1.82, 2.24) is 9.97 Å². The molecule has 1 aliphatic rings. The van der Waals surface area contributed by atoms with Crippen molar-refractivity contribution in [2.24, 2.45) is 0 Å². The number of aryl methyl sites for hydroxylation is 1. The predicted octanol–water partition coefficient (Wildman–Crippen LogP) is 7.92. The van der Waals surface area contributed by atoms with Crippen molar-refractivity contribution in [1.29, 1.82) is 5.26 Å². The molecule has 0 N–H and O–H groups in total. The van der Waals surface area contributed by atoms with E-state index in [1.807, 2.05) is 12.4 Å². The first kappa shape index (κ1) is 27.6. The maximum atomic E-state index is 12.1. The molecule has 0 aliphatic heterocycles. The number of benzene rings is 1. The summed E-state index contributed by atoms with van der Waals surface area (Å²) in [5.41, 5.74) is 2.35. The second-order valence-corrected chi connectivity index (χ2v) is 9.99. The van der Waals surface area contributed by atoms with Crippen molar-refractivity contribution >= 4 is 6.16 Å². The Hall–Kier alpha value is -2.94. The fourth-order valence-corrected chi connectivity index (χ4v) is 4.82. The minimum Gasteiger partial charge on any atom is -0.434 e. The molecule has 6 heteroatoms. The molecule has 0 amide bonds. The van der Waals surface area contributed by atoms with Gasteiger partial charge in [-0.25, -0.2) is 14.8 Å². The highest BCUT2D eigenvalue weighted by Crippen LogP contribution is 2.40. The van der Waals surface area contributed by atoms with Gasteiger partial charge in [0.25, 0.3) is 0 Å². The molecule has 1 heterocycles. The molecule has 0 radical (unpaired) electrons. The van der Waals surface area contributed by atoms with E-state index in [1.54, 1.807) is 0 Å². The van der Waals surface area contributed by atoms with Crippen molar-refractivity contribution < 1.29 is 14.3 Å². The van der Waals surface area contributed by atoms with Gasteiger partial charge in [-0.2, -0.15) is 5.26 Å². The minimum absolute atomic E-state index is 0.334. The Bertz CT molecular complexity index is 958. The van der Waals surface area contributed by atoms with Gasteiger partial charge in [0.05, 0.1) is 6.61 Å². The average Bonchev–Trinajstić information content (AvgIpc) is 2.92. The first-order valence-corrected chi connectivity index (χ1v) is 13.8. The lowest BCUT2D eigenvalue weighted by Gasteiger charge is -2.34. The lowest BCUT2D eigenvalue weighted by Crippen LogP contribution is -2.37. The topological polar surface area (TPSA) is 85.1 Å². The van der Waals surface area contributed by atoms with E-state index in [4.69, 9.17) is 9.47 Å². The summed E-state index contributed by atoms with van der Waals surface area (Å²) in [6.45, 7) is 4.67. The zero-order chi connectivity index (χ0) is 25.6. The molecule has 0 bridgehead atoms. The number of unbranched alkanes of at least 4 members (excludes halogenated alkanes) is 6. The molecule has 3 rings (SSSR count). The summed E-state index contributed by atoms with van der Waals surface area (Å²) < 4.78 is 10.6. The number of ether oxygens (including phenoxy) is 2. The van der Waals surface area contributed by atoms with Gasteiger partial charge >= 0.3 is 6.16 Å². The van der Waals surface area contributed by atoms with Crippen LogP contribution in [-0.4, -0.2) is 28.3 Å². The smallest absolute Gasteiger partial charge is 0.434 e. The number of aromatic nitrogens is 2. The van der Waals surface area contributed by atoms with Crippen molar-refractivity contribution in [2.45, 2.75) is 109 Å². The fourth-order valence-electron chi connectivity index (χ4n) is 4.82. The van der Waals surface area contributed by atoms with E-state index in [2.05, 4.69) is 54.2 Å². The van der Waals surface area contributed by atoms with E-state index < -0.39 is 11.8 Å². The standard InChI is InChI=1S/C30H41N3O3/c1-3-5-7-8-9-11-24-21-32-28(33-22-24)27-14-12-25(13-15-27)26-16-18-30(23-31,19-17-26)36-29(34)35-20-10-6-4-2/h12-15,21-22,26H,3-11,16-20H2,1-2H3.